The van der Waals surface area contributed by atoms with E-state index in [-0.39, 0.29) is 10.9 Å². The number of allylic oxidation sites excluding steroid dienone is 1. The van der Waals surface area contributed by atoms with E-state index in [9.17, 15) is 13.2 Å². The molecule has 2 aliphatic rings. The normalized spacial score (nSPS) is 22.7. The molecule has 1 unspecified atom stereocenters. The van der Waals surface area contributed by atoms with E-state index in [0.29, 0.717) is 23.4 Å². The number of cyclic esters (lactones) is 1. The number of hydrogen-bond donors (Lipinski definition) is 0. The molecule has 0 saturated carbocycles. The summed E-state index contributed by atoms with van der Waals surface area (Å²) in [5.74, 6) is 0. The minimum atomic E-state index is -3.68. The maximum absolute atomic E-state index is 13.4. The zero-order chi connectivity index (χ0) is 20.2. The minimum absolute atomic E-state index is 0.0120. The number of hydrogen-bond acceptors (Lipinski definition) is 4. The van der Waals surface area contributed by atoms with Crippen LogP contribution in [0.15, 0.2) is 39.8 Å². The van der Waals surface area contributed by atoms with Gasteiger partial charge < -0.3 is 4.74 Å². The van der Waals surface area contributed by atoms with Crippen molar-refractivity contribution in [3.8, 4) is 0 Å². The van der Waals surface area contributed by atoms with Crippen LogP contribution in [0.25, 0.3) is 0 Å². The van der Waals surface area contributed by atoms with Crippen LogP contribution in [0, 0.1) is 6.92 Å². The Morgan fingerprint density at radius 1 is 1.19 bits per heavy atom. The van der Waals surface area contributed by atoms with Crippen molar-refractivity contribution in [1.29, 1.82) is 0 Å². The van der Waals surface area contributed by atoms with Crippen molar-refractivity contribution in [2.75, 3.05) is 0 Å². The van der Waals surface area contributed by atoms with Crippen molar-refractivity contribution < 1.29 is 17.9 Å². The first kappa shape index (κ1) is 20.1. The lowest BCUT2D eigenvalue weighted by molar-refractivity contribution is 0.0921. The second-order valence-electron chi connectivity index (χ2n) is 9.29. The molecule has 3 rings (SSSR count). The molecule has 2 aliphatic heterocycles. The lowest BCUT2D eigenvalue weighted by Crippen LogP contribution is -2.44. The Morgan fingerprint density at radius 2 is 1.78 bits per heavy atom. The summed E-state index contributed by atoms with van der Waals surface area (Å²) in [6, 6.07) is 7.82. The van der Waals surface area contributed by atoms with E-state index in [1.54, 1.807) is 43.0 Å². The molecule has 0 N–H and O–H groups in total. The fourth-order valence-corrected chi connectivity index (χ4v) is 7.63. The third kappa shape index (κ3) is 3.71. The topological polar surface area (TPSA) is 63.7 Å². The summed E-state index contributed by atoms with van der Waals surface area (Å²) >= 11 is 0. The van der Waals surface area contributed by atoms with Gasteiger partial charge in [0.2, 0.25) is 9.84 Å². The van der Waals surface area contributed by atoms with Gasteiger partial charge >= 0.3 is 6.09 Å². The van der Waals surface area contributed by atoms with Crippen LogP contribution in [0.4, 0.5) is 4.79 Å². The molecule has 7 heteroatoms. The Balaban J connectivity index is 2.14. The van der Waals surface area contributed by atoms with E-state index in [4.69, 9.17) is 4.74 Å². The van der Waals surface area contributed by atoms with Gasteiger partial charge in [-0.05, 0) is 51.8 Å². The van der Waals surface area contributed by atoms with Crippen LogP contribution in [0.1, 0.15) is 32.3 Å². The standard InChI is InChI=1S/C20H29NO4SSi/c1-14-7-10-16(11-8-14)26(23,24)17-12-9-15(13-27(4,5)6)21-18(17)20(2,3)25-19(21)22/h7-8,10-11,15H,9,12-13H2,1-6H3. The highest BCUT2D eigenvalue weighted by atomic mass is 32.2. The highest BCUT2D eigenvalue weighted by Gasteiger charge is 2.52. The molecule has 1 atom stereocenters. The fraction of sp³-hybridized carbons (Fsp3) is 0.550. The molecule has 5 nitrogen and oxygen atoms in total. The molecule has 0 spiro atoms. The van der Waals surface area contributed by atoms with Gasteiger partial charge in [-0.15, -0.1) is 0 Å². The van der Waals surface area contributed by atoms with Crippen molar-refractivity contribution in [3.05, 3.63) is 40.4 Å². The SMILES string of the molecule is Cc1ccc(S(=O)(=O)C2=C3N(C(=O)OC3(C)C)C(C[Si](C)(C)C)CC2)cc1. The Hall–Kier alpha value is -1.60. The summed E-state index contributed by atoms with van der Waals surface area (Å²) in [4.78, 5) is 14.9. The molecule has 0 radical (unpaired) electrons. The molecular weight excluding hydrogens is 378 g/mol. The molecule has 1 aromatic carbocycles. The summed E-state index contributed by atoms with van der Waals surface area (Å²) in [5.41, 5.74) is 0.594. The van der Waals surface area contributed by atoms with Crippen LogP contribution in [0.5, 0.6) is 0 Å². The fourth-order valence-electron chi connectivity index (χ4n) is 4.07. The van der Waals surface area contributed by atoms with Crippen molar-refractivity contribution in [2.24, 2.45) is 0 Å². The maximum Gasteiger partial charge on any atom is 0.415 e. The summed E-state index contributed by atoms with van der Waals surface area (Å²) in [5, 5.41) is 0. The van der Waals surface area contributed by atoms with Gasteiger partial charge in [-0.3, -0.25) is 4.90 Å². The lowest BCUT2D eigenvalue weighted by Gasteiger charge is -2.37. The highest BCUT2D eigenvalue weighted by molar-refractivity contribution is 7.95. The van der Waals surface area contributed by atoms with Gasteiger partial charge in [-0.2, -0.15) is 0 Å². The highest BCUT2D eigenvalue weighted by Crippen LogP contribution is 2.46. The zero-order valence-electron chi connectivity index (χ0n) is 17.0. The average molecular weight is 408 g/mol. The molecule has 1 amide bonds. The van der Waals surface area contributed by atoms with Gasteiger partial charge in [0.25, 0.3) is 0 Å². The average Bonchev–Trinajstić information content (AvgIpc) is 2.76. The van der Waals surface area contributed by atoms with Crippen LogP contribution < -0.4 is 0 Å². The van der Waals surface area contributed by atoms with Crippen LogP contribution in [-0.4, -0.2) is 39.1 Å². The van der Waals surface area contributed by atoms with Gasteiger partial charge in [0.05, 0.1) is 15.5 Å². The predicted octanol–water partition coefficient (Wildman–Crippen LogP) is 4.71. The molecule has 1 saturated heterocycles. The van der Waals surface area contributed by atoms with Crippen molar-refractivity contribution >= 4 is 24.0 Å². The first-order valence-electron chi connectivity index (χ1n) is 9.40. The maximum atomic E-state index is 13.4. The van der Waals surface area contributed by atoms with Gasteiger partial charge in [0.1, 0.15) is 5.60 Å². The molecule has 1 fully saturated rings. The Bertz CT molecular complexity index is 895. The van der Waals surface area contributed by atoms with Gasteiger partial charge in [-0.25, -0.2) is 13.2 Å². The summed E-state index contributed by atoms with van der Waals surface area (Å²) in [6.07, 6.45) is 0.672. The molecule has 148 valence electrons. The van der Waals surface area contributed by atoms with E-state index in [2.05, 4.69) is 19.6 Å². The van der Waals surface area contributed by atoms with E-state index in [1.165, 1.54) is 0 Å². The number of nitrogens with zero attached hydrogens (tertiary/aromatic N) is 1. The minimum Gasteiger partial charge on any atom is -0.437 e. The molecular formula is C20H29NO4SSi. The number of amides is 1. The van der Waals surface area contributed by atoms with Crippen LogP contribution >= 0.6 is 0 Å². The number of carbonyl (C=O) groups excluding carboxylic acids is 1. The van der Waals surface area contributed by atoms with Gasteiger partial charge in [-0.1, -0.05) is 37.3 Å². The molecule has 1 aromatic rings. The summed E-state index contributed by atoms with van der Waals surface area (Å²) < 4.78 is 32.4. The Kier molecular flexibility index (Phi) is 4.83. The third-order valence-corrected chi connectivity index (χ3v) is 8.82. The second kappa shape index (κ2) is 6.48. The Morgan fingerprint density at radius 3 is 2.33 bits per heavy atom. The third-order valence-electron chi connectivity index (χ3n) is 5.19. The van der Waals surface area contributed by atoms with Crippen molar-refractivity contribution in [2.45, 2.75) is 75.8 Å². The van der Waals surface area contributed by atoms with Crippen LogP contribution in [-0.2, 0) is 14.6 Å². The molecule has 0 aliphatic carbocycles. The molecule has 2 heterocycles. The largest absolute Gasteiger partial charge is 0.437 e. The van der Waals surface area contributed by atoms with Crippen LogP contribution in [0.3, 0.4) is 0 Å². The van der Waals surface area contributed by atoms with E-state index >= 15 is 0 Å². The first-order valence-corrected chi connectivity index (χ1v) is 14.6. The Labute approximate surface area is 163 Å². The number of carbonyl (C=O) groups is 1. The quantitative estimate of drug-likeness (QED) is 0.678. The van der Waals surface area contributed by atoms with Crippen molar-refractivity contribution in [1.82, 2.24) is 4.90 Å². The predicted molar refractivity (Wildman–Crippen MR) is 109 cm³/mol. The molecule has 0 bridgehead atoms. The number of rotatable bonds is 4. The molecule has 0 aromatic heterocycles. The number of sulfone groups is 1. The monoisotopic (exact) mass is 407 g/mol. The van der Waals surface area contributed by atoms with Crippen molar-refractivity contribution in [3.63, 3.8) is 0 Å². The number of aryl methyl sites for hydroxylation is 1. The van der Waals surface area contributed by atoms with E-state index in [1.807, 2.05) is 6.92 Å². The summed E-state index contributed by atoms with van der Waals surface area (Å²) in [6.45, 7) is 12.3. The zero-order valence-corrected chi connectivity index (χ0v) is 18.8. The van der Waals surface area contributed by atoms with E-state index in [0.717, 1.165) is 11.6 Å². The van der Waals surface area contributed by atoms with Crippen LogP contribution in [0.2, 0.25) is 25.7 Å². The molecule has 27 heavy (non-hydrogen) atoms. The first-order chi connectivity index (χ1) is 12.3. The number of benzene rings is 1. The smallest absolute Gasteiger partial charge is 0.415 e. The lowest BCUT2D eigenvalue weighted by atomic mass is 9.96. The number of fused-ring (bicyclic) bond motifs is 1. The van der Waals surface area contributed by atoms with Gasteiger partial charge in [0.15, 0.2) is 0 Å². The van der Waals surface area contributed by atoms with E-state index < -0.39 is 29.6 Å². The van der Waals surface area contributed by atoms with Gasteiger partial charge in [0, 0.05) is 14.1 Å². The summed E-state index contributed by atoms with van der Waals surface area (Å²) in [7, 11) is -5.12. The number of ether oxygens (including phenoxy) is 1. The second-order valence-corrected chi connectivity index (χ2v) is 16.8.